The lowest BCUT2D eigenvalue weighted by Gasteiger charge is -2.20. The second kappa shape index (κ2) is 5.42. The molecule has 6 nitrogen and oxygen atoms in total. The maximum Gasteiger partial charge on any atom is 0.318 e. The van der Waals surface area contributed by atoms with Gasteiger partial charge in [-0.3, -0.25) is 9.36 Å². The van der Waals surface area contributed by atoms with Crippen LogP contribution in [-0.2, 0) is 12.0 Å². The van der Waals surface area contributed by atoms with Crippen LogP contribution in [0.5, 0.6) is 6.01 Å². The molecule has 0 saturated carbocycles. The van der Waals surface area contributed by atoms with Crippen LogP contribution in [0.25, 0.3) is 11.2 Å². The maximum atomic E-state index is 12.8. The Hall–Kier alpha value is -1.98. The topological polar surface area (TPSA) is 69.9 Å². The van der Waals surface area contributed by atoms with Crippen molar-refractivity contribution in [1.29, 1.82) is 0 Å². The lowest BCUT2D eigenvalue weighted by atomic mass is 9.92. The Morgan fingerprint density at radius 3 is 2.48 bits per heavy atom. The minimum Gasteiger partial charge on any atom is -0.467 e. The molecule has 21 heavy (non-hydrogen) atoms. The minimum absolute atomic E-state index is 0.0931. The van der Waals surface area contributed by atoms with Crippen LogP contribution >= 0.6 is 0 Å². The molecule has 6 heteroatoms. The van der Waals surface area contributed by atoms with E-state index < -0.39 is 0 Å². The van der Waals surface area contributed by atoms with E-state index >= 15 is 0 Å². The summed E-state index contributed by atoms with van der Waals surface area (Å²) in [6, 6.07) is 0.240. The highest BCUT2D eigenvalue weighted by atomic mass is 16.5. The van der Waals surface area contributed by atoms with E-state index in [-0.39, 0.29) is 17.0 Å². The van der Waals surface area contributed by atoms with E-state index in [1.165, 1.54) is 7.11 Å². The van der Waals surface area contributed by atoms with E-state index in [0.29, 0.717) is 29.3 Å². The van der Waals surface area contributed by atoms with Crippen molar-refractivity contribution in [1.82, 2.24) is 19.5 Å². The normalized spacial score (nSPS) is 12.1. The Morgan fingerprint density at radius 2 is 1.95 bits per heavy atom. The molecule has 0 aliphatic rings. The highest BCUT2D eigenvalue weighted by Crippen LogP contribution is 2.20. The molecule has 0 aromatic carbocycles. The monoisotopic (exact) mass is 290 g/mol. The lowest BCUT2D eigenvalue weighted by Crippen LogP contribution is -2.34. The number of rotatable bonds is 3. The van der Waals surface area contributed by atoms with E-state index in [2.05, 4.69) is 28.8 Å². The largest absolute Gasteiger partial charge is 0.467 e. The number of methoxy groups -OCH3 is 1. The van der Waals surface area contributed by atoms with Gasteiger partial charge in [0.1, 0.15) is 11.2 Å². The Bertz CT molecular complexity index is 714. The van der Waals surface area contributed by atoms with Crippen molar-refractivity contribution in [3.8, 4) is 6.01 Å². The van der Waals surface area contributed by atoms with Crippen molar-refractivity contribution in [2.45, 2.75) is 46.6 Å². The molecule has 0 amide bonds. The smallest absolute Gasteiger partial charge is 0.318 e. The number of ether oxygens (including phenoxy) is 1. The third-order valence-electron chi connectivity index (χ3n) is 3.10. The average molecular weight is 290 g/mol. The molecular weight excluding hydrogens is 268 g/mol. The molecule has 2 aromatic rings. The van der Waals surface area contributed by atoms with Gasteiger partial charge in [0.05, 0.1) is 13.3 Å². The van der Waals surface area contributed by atoms with E-state index in [1.807, 2.05) is 20.8 Å². The van der Waals surface area contributed by atoms with Crippen LogP contribution in [0.3, 0.4) is 0 Å². The fourth-order valence-corrected chi connectivity index (χ4v) is 2.14. The number of hydrogen-bond donors (Lipinski definition) is 0. The van der Waals surface area contributed by atoms with Crippen LogP contribution < -0.4 is 10.3 Å². The molecule has 0 N–H and O–H groups in total. The summed E-state index contributed by atoms with van der Waals surface area (Å²) >= 11 is 0. The van der Waals surface area contributed by atoms with Gasteiger partial charge in [-0.15, -0.1) is 0 Å². The minimum atomic E-state index is -0.329. The number of aromatic nitrogens is 4. The van der Waals surface area contributed by atoms with Gasteiger partial charge in [-0.05, 0) is 5.92 Å². The highest BCUT2D eigenvalue weighted by molar-refractivity contribution is 5.69. The quantitative estimate of drug-likeness (QED) is 0.866. The van der Waals surface area contributed by atoms with Gasteiger partial charge in [-0.1, -0.05) is 34.6 Å². The summed E-state index contributed by atoms with van der Waals surface area (Å²) in [7, 11) is 1.50. The summed E-state index contributed by atoms with van der Waals surface area (Å²) in [5.74, 6) is 0.321. The molecule has 0 atom stereocenters. The first kappa shape index (κ1) is 15.4. The zero-order valence-electron chi connectivity index (χ0n) is 13.5. The number of hydrogen-bond acceptors (Lipinski definition) is 5. The molecule has 2 rings (SSSR count). The first-order valence-corrected chi connectivity index (χ1v) is 7.06. The Kier molecular flexibility index (Phi) is 3.98. The molecule has 0 fully saturated rings. The molecule has 0 unspecified atom stereocenters. The molecule has 2 heterocycles. The molecule has 0 bridgehead atoms. The SMILES string of the molecule is COc1ncc2nc(C(C)(C)C)c(=O)n(CC(C)C)c2n1. The van der Waals surface area contributed by atoms with Crippen LogP contribution in [-0.4, -0.2) is 26.6 Å². The number of fused-ring (bicyclic) bond motifs is 1. The molecule has 114 valence electrons. The van der Waals surface area contributed by atoms with Crippen molar-refractivity contribution in [3.05, 3.63) is 22.2 Å². The van der Waals surface area contributed by atoms with Crippen LogP contribution in [0, 0.1) is 5.92 Å². The maximum absolute atomic E-state index is 12.8. The summed E-state index contributed by atoms with van der Waals surface area (Å²) in [4.78, 5) is 25.6. The zero-order valence-corrected chi connectivity index (χ0v) is 13.5. The van der Waals surface area contributed by atoms with Crippen molar-refractivity contribution in [2.24, 2.45) is 5.92 Å². The van der Waals surface area contributed by atoms with Gasteiger partial charge in [0.2, 0.25) is 0 Å². The van der Waals surface area contributed by atoms with Crippen molar-refractivity contribution in [2.75, 3.05) is 7.11 Å². The van der Waals surface area contributed by atoms with Crippen LogP contribution in [0.4, 0.5) is 0 Å². The Labute approximate surface area is 124 Å². The van der Waals surface area contributed by atoms with Gasteiger partial charge in [0.15, 0.2) is 5.65 Å². The predicted octanol–water partition coefficient (Wildman–Crippen LogP) is 2.15. The molecule has 0 spiro atoms. The summed E-state index contributed by atoms with van der Waals surface area (Å²) in [6.45, 7) is 10.6. The highest BCUT2D eigenvalue weighted by Gasteiger charge is 2.23. The summed E-state index contributed by atoms with van der Waals surface area (Å²) in [5, 5.41) is 0. The molecule has 0 aliphatic heterocycles. The van der Waals surface area contributed by atoms with E-state index in [9.17, 15) is 4.79 Å². The molecular formula is C15H22N4O2. The van der Waals surface area contributed by atoms with Crippen molar-refractivity contribution in [3.63, 3.8) is 0 Å². The molecule has 0 saturated heterocycles. The fraction of sp³-hybridized carbons (Fsp3) is 0.600. The third kappa shape index (κ3) is 3.04. The first-order chi connectivity index (χ1) is 9.74. The van der Waals surface area contributed by atoms with Gasteiger partial charge in [0.25, 0.3) is 5.56 Å². The van der Waals surface area contributed by atoms with Crippen LogP contribution in [0.15, 0.2) is 11.0 Å². The van der Waals surface area contributed by atoms with Gasteiger partial charge in [0, 0.05) is 12.0 Å². The first-order valence-electron chi connectivity index (χ1n) is 7.06. The van der Waals surface area contributed by atoms with Gasteiger partial charge in [-0.2, -0.15) is 4.98 Å². The molecule has 0 radical (unpaired) electrons. The second-order valence-corrected chi connectivity index (χ2v) is 6.59. The number of nitrogens with zero attached hydrogens (tertiary/aromatic N) is 4. The average Bonchev–Trinajstić information content (AvgIpc) is 2.39. The van der Waals surface area contributed by atoms with Crippen LogP contribution in [0.2, 0.25) is 0 Å². The van der Waals surface area contributed by atoms with E-state index in [4.69, 9.17) is 4.74 Å². The molecule has 2 aromatic heterocycles. The lowest BCUT2D eigenvalue weighted by molar-refractivity contribution is 0.380. The van der Waals surface area contributed by atoms with E-state index in [0.717, 1.165) is 0 Å². The Balaban J connectivity index is 2.83. The fourth-order valence-electron chi connectivity index (χ4n) is 2.14. The van der Waals surface area contributed by atoms with Gasteiger partial charge < -0.3 is 4.74 Å². The summed E-state index contributed by atoms with van der Waals surface area (Å²) in [5.41, 5.74) is 1.24. The predicted molar refractivity (Wildman–Crippen MR) is 81.7 cm³/mol. The van der Waals surface area contributed by atoms with Crippen molar-refractivity contribution >= 4 is 11.2 Å². The summed E-state index contributed by atoms with van der Waals surface area (Å²) < 4.78 is 6.73. The second-order valence-electron chi connectivity index (χ2n) is 6.59. The van der Waals surface area contributed by atoms with Crippen molar-refractivity contribution < 1.29 is 4.74 Å². The van der Waals surface area contributed by atoms with Crippen LogP contribution in [0.1, 0.15) is 40.3 Å². The zero-order chi connectivity index (χ0) is 15.8. The standard InChI is InChI=1S/C15H22N4O2/c1-9(2)8-19-12-10(7-16-14(18-12)21-6)17-11(13(19)20)15(3,4)5/h7,9H,8H2,1-6H3. The summed E-state index contributed by atoms with van der Waals surface area (Å²) in [6.07, 6.45) is 1.60. The van der Waals surface area contributed by atoms with E-state index in [1.54, 1.807) is 10.8 Å². The molecule has 0 aliphatic carbocycles. The van der Waals surface area contributed by atoms with Gasteiger partial charge in [-0.25, -0.2) is 9.97 Å². The Morgan fingerprint density at radius 1 is 1.29 bits per heavy atom. The third-order valence-corrected chi connectivity index (χ3v) is 3.10. The van der Waals surface area contributed by atoms with Gasteiger partial charge >= 0.3 is 6.01 Å².